The summed E-state index contributed by atoms with van der Waals surface area (Å²) < 4.78 is 105. The number of hydrogen-bond acceptors (Lipinski definition) is 4. The zero-order chi connectivity index (χ0) is 25.4. The molecule has 0 aliphatic rings. The molecule has 1 heterocycles. The molecule has 4 aromatic rings. The molecule has 2 N–H and O–H groups in total. The van der Waals surface area contributed by atoms with Crippen molar-refractivity contribution < 1.29 is 39.5 Å². The number of aromatic amines is 1. The van der Waals surface area contributed by atoms with Crippen LogP contribution in [0.25, 0.3) is 33.5 Å². The van der Waals surface area contributed by atoms with E-state index in [1.54, 1.807) is 29.0 Å². The summed E-state index contributed by atoms with van der Waals surface area (Å²) in [6, 6.07) is 16.1. The third-order valence-corrected chi connectivity index (χ3v) is 5.90. The summed E-state index contributed by atoms with van der Waals surface area (Å²) in [4.78, 5) is 7.45. The van der Waals surface area contributed by atoms with Crippen LogP contribution in [-0.2, 0) is 10.0 Å². The predicted octanol–water partition coefficient (Wildman–Crippen LogP) is 6.10. The van der Waals surface area contributed by atoms with Crippen LogP contribution in [0.4, 0.5) is 32.0 Å². The Bertz CT molecular complexity index is 1460. The van der Waals surface area contributed by atoms with Crippen LogP contribution in [0.3, 0.4) is 0 Å². The fourth-order valence-electron chi connectivity index (χ4n) is 3.21. The van der Waals surface area contributed by atoms with Gasteiger partial charge in [0.05, 0.1) is 16.7 Å². The molecule has 0 unspecified atom stereocenters. The lowest BCUT2D eigenvalue weighted by Gasteiger charge is -2.14. The Morgan fingerprint density at radius 2 is 1.54 bits per heavy atom. The van der Waals surface area contributed by atoms with E-state index in [0.717, 1.165) is 0 Å². The van der Waals surface area contributed by atoms with Crippen molar-refractivity contribution in [3.63, 3.8) is 0 Å². The molecule has 4 rings (SSSR count). The van der Waals surface area contributed by atoms with E-state index in [1.807, 2.05) is 0 Å². The van der Waals surface area contributed by atoms with Gasteiger partial charge in [0, 0.05) is 11.1 Å². The van der Waals surface area contributed by atoms with Gasteiger partial charge in [-0.25, -0.2) is 4.98 Å². The van der Waals surface area contributed by atoms with Crippen molar-refractivity contribution in [1.82, 2.24) is 9.97 Å². The molecule has 0 saturated carbocycles. The van der Waals surface area contributed by atoms with Gasteiger partial charge in [0.1, 0.15) is 11.6 Å². The molecule has 0 aliphatic heterocycles. The molecule has 3 aromatic carbocycles. The van der Waals surface area contributed by atoms with E-state index in [9.17, 15) is 34.8 Å². The van der Waals surface area contributed by atoms with Gasteiger partial charge in [0.2, 0.25) is 0 Å². The quantitative estimate of drug-likeness (QED) is 0.304. The number of para-hydroxylation sites is 1. The average Bonchev–Trinajstić information content (AvgIpc) is 3.20. The number of fused-ring (bicyclic) bond motifs is 1. The topological polar surface area (TPSA) is 84.1 Å². The van der Waals surface area contributed by atoms with Crippen molar-refractivity contribution in [2.75, 3.05) is 11.3 Å². The molecule has 0 atom stereocenters. The van der Waals surface area contributed by atoms with E-state index in [2.05, 4.69) is 14.7 Å². The Balaban J connectivity index is 1.62. The molecule has 0 saturated heterocycles. The van der Waals surface area contributed by atoms with E-state index < -0.39 is 28.3 Å². The van der Waals surface area contributed by atoms with Crippen LogP contribution < -0.4 is 9.46 Å². The van der Waals surface area contributed by atoms with Crippen LogP contribution in [0.5, 0.6) is 5.75 Å². The second-order valence-electron chi connectivity index (χ2n) is 7.34. The number of halogens is 6. The van der Waals surface area contributed by atoms with Crippen molar-refractivity contribution >= 4 is 26.7 Å². The predicted molar refractivity (Wildman–Crippen MR) is 117 cm³/mol. The molecule has 6 nitrogen and oxygen atoms in total. The first kappa shape index (κ1) is 24.4. The van der Waals surface area contributed by atoms with Gasteiger partial charge >= 0.3 is 21.7 Å². The molecule has 0 spiro atoms. The first-order valence-corrected chi connectivity index (χ1v) is 11.3. The summed E-state index contributed by atoms with van der Waals surface area (Å²) in [5, 5.41) is 0. The SMILES string of the molecule is O=S(=O)(Nc1ccccc1-c1ccc2nc(-c3ccc(OCC(F)(F)F)cc3)[nH]c2c1)C(F)(F)F. The van der Waals surface area contributed by atoms with E-state index >= 15 is 0 Å². The standard InChI is InChI=1S/C22H15F6N3O3S/c23-21(24,25)12-34-15-8-5-13(6-9-15)20-29-18-10-7-14(11-19(18)30-20)16-3-1-2-4-17(16)31-35(32,33)22(26,27)28/h1-11,31H,12H2,(H,29,30). The van der Waals surface area contributed by atoms with Gasteiger partial charge in [0.15, 0.2) is 6.61 Å². The second kappa shape index (κ2) is 8.80. The molecule has 13 heteroatoms. The number of imidazole rings is 1. The molecule has 0 aliphatic carbocycles. The summed E-state index contributed by atoms with van der Waals surface area (Å²) in [5.74, 6) is 0.424. The van der Waals surface area contributed by atoms with Crippen molar-refractivity contribution in [1.29, 1.82) is 0 Å². The Morgan fingerprint density at radius 1 is 0.886 bits per heavy atom. The van der Waals surface area contributed by atoms with Crippen LogP contribution in [0.2, 0.25) is 0 Å². The van der Waals surface area contributed by atoms with Crippen molar-refractivity contribution in [3.05, 3.63) is 66.7 Å². The number of rotatable bonds is 6. The highest BCUT2D eigenvalue weighted by atomic mass is 32.2. The van der Waals surface area contributed by atoms with Gasteiger partial charge in [-0.15, -0.1) is 0 Å². The number of hydrogen-bond donors (Lipinski definition) is 2. The summed E-state index contributed by atoms with van der Waals surface area (Å²) in [5.41, 5.74) is -3.53. The fraction of sp³-hybridized carbons (Fsp3) is 0.136. The molecule has 184 valence electrons. The first-order chi connectivity index (χ1) is 16.3. The summed E-state index contributed by atoms with van der Waals surface area (Å²) in [7, 11) is -5.61. The van der Waals surface area contributed by atoms with E-state index in [4.69, 9.17) is 0 Å². The Kier molecular flexibility index (Phi) is 6.13. The third kappa shape index (κ3) is 5.50. The van der Waals surface area contributed by atoms with Gasteiger partial charge in [-0.3, -0.25) is 4.72 Å². The molecular formula is C22H15F6N3O3S. The highest BCUT2D eigenvalue weighted by Crippen LogP contribution is 2.34. The number of benzene rings is 3. The zero-order valence-electron chi connectivity index (χ0n) is 17.4. The monoisotopic (exact) mass is 515 g/mol. The van der Waals surface area contributed by atoms with Crippen LogP contribution in [0.1, 0.15) is 0 Å². The Morgan fingerprint density at radius 3 is 2.20 bits per heavy atom. The number of ether oxygens (including phenoxy) is 1. The highest BCUT2D eigenvalue weighted by molar-refractivity contribution is 7.93. The molecule has 35 heavy (non-hydrogen) atoms. The highest BCUT2D eigenvalue weighted by Gasteiger charge is 2.46. The molecule has 0 radical (unpaired) electrons. The minimum absolute atomic E-state index is 0.0300. The number of nitrogens with one attached hydrogen (secondary N) is 2. The normalized spacial score (nSPS) is 12.6. The van der Waals surface area contributed by atoms with Crippen LogP contribution in [-0.4, -0.2) is 36.7 Å². The Hall–Kier alpha value is -3.74. The van der Waals surface area contributed by atoms with E-state index in [1.165, 1.54) is 42.5 Å². The minimum Gasteiger partial charge on any atom is -0.484 e. The first-order valence-electron chi connectivity index (χ1n) is 9.81. The molecular weight excluding hydrogens is 500 g/mol. The van der Waals surface area contributed by atoms with Crippen molar-refractivity contribution in [2.24, 2.45) is 0 Å². The zero-order valence-corrected chi connectivity index (χ0v) is 18.2. The smallest absolute Gasteiger partial charge is 0.484 e. The minimum atomic E-state index is -5.61. The lowest BCUT2D eigenvalue weighted by atomic mass is 10.0. The van der Waals surface area contributed by atoms with Gasteiger partial charge in [0.25, 0.3) is 0 Å². The van der Waals surface area contributed by atoms with Crippen molar-refractivity contribution in [2.45, 2.75) is 11.7 Å². The molecule has 1 aromatic heterocycles. The van der Waals surface area contributed by atoms with E-state index in [0.29, 0.717) is 28.0 Å². The fourth-order valence-corrected chi connectivity index (χ4v) is 3.80. The van der Waals surface area contributed by atoms with Crippen molar-refractivity contribution in [3.8, 4) is 28.3 Å². The maximum absolute atomic E-state index is 12.8. The number of anilines is 1. The number of aromatic nitrogens is 2. The summed E-state index contributed by atoms with van der Waals surface area (Å²) in [6.07, 6.45) is -4.46. The maximum Gasteiger partial charge on any atom is 0.516 e. The van der Waals surface area contributed by atoms with Gasteiger partial charge in [-0.1, -0.05) is 24.3 Å². The van der Waals surface area contributed by atoms with Gasteiger partial charge in [-0.05, 0) is 48.0 Å². The number of sulfonamides is 1. The lowest BCUT2D eigenvalue weighted by Crippen LogP contribution is -2.30. The van der Waals surface area contributed by atoms with E-state index in [-0.39, 0.29) is 17.0 Å². The number of nitrogens with zero attached hydrogens (tertiary/aromatic N) is 1. The van der Waals surface area contributed by atoms with Crippen LogP contribution in [0.15, 0.2) is 66.7 Å². The summed E-state index contributed by atoms with van der Waals surface area (Å²) >= 11 is 0. The average molecular weight is 515 g/mol. The van der Waals surface area contributed by atoms with Gasteiger partial charge in [-0.2, -0.15) is 34.8 Å². The molecule has 0 fully saturated rings. The molecule has 0 amide bonds. The van der Waals surface area contributed by atoms with Crippen LogP contribution >= 0.6 is 0 Å². The summed E-state index contributed by atoms with van der Waals surface area (Å²) in [6.45, 7) is -1.42. The third-order valence-electron chi connectivity index (χ3n) is 4.80. The van der Waals surface area contributed by atoms with Gasteiger partial charge < -0.3 is 9.72 Å². The number of H-pyrrole nitrogens is 1. The maximum atomic E-state index is 12.8. The number of alkyl halides is 6. The van der Waals surface area contributed by atoms with Crippen LogP contribution in [0, 0.1) is 0 Å². The Labute approximate surface area is 194 Å². The molecule has 0 bridgehead atoms. The lowest BCUT2D eigenvalue weighted by molar-refractivity contribution is -0.153. The largest absolute Gasteiger partial charge is 0.516 e. The second-order valence-corrected chi connectivity index (χ2v) is 9.02.